The third-order valence-corrected chi connectivity index (χ3v) is 3.23. The van der Waals surface area contributed by atoms with Gasteiger partial charge in [-0.1, -0.05) is 6.92 Å². The van der Waals surface area contributed by atoms with E-state index in [0.29, 0.717) is 0 Å². The van der Waals surface area contributed by atoms with Gasteiger partial charge >= 0.3 is 0 Å². The van der Waals surface area contributed by atoms with Gasteiger partial charge in [0.05, 0.1) is 4.58 Å². The van der Waals surface area contributed by atoms with Crippen LogP contribution in [0.25, 0.3) is 0 Å². The van der Waals surface area contributed by atoms with Crippen LogP contribution in [-0.4, -0.2) is 22.1 Å². The fraction of sp³-hybridized carbons (Fsp3) is 1.00. The van der Waals surface area contributed by atoms with Crippen molar-refractivity contribution in [1.29, 1.82) is 0 Å². The quantitative estimate of drug-likeness (QED) is 0.534. The molecule has 2 atom stereocenters. The Hall–Kier alpha value is 0.220. The number of rotatable bonds is 3. The average Bonchev–Trinajstić information content (AvgIpc) is 1.64. The molecule has 0 heterocycles. The predicted octanol–water partition coefficient (Wildman–Crippen LogP) is -0.519. The maximum absolute atomic E-state index is 9.98. The van der Waals surface area contributed by atoms with Gasteiger partial charge < -0.3 is 9.11 Å². The first-order valence-electron chi connectivity index (χ1n) is 2.25. The molecule has 0 amide bonds. The molecule has 0 aliphatic rings. The Morgan fingerprint density at radius 2 is 1.67 bits per heavy atom. The van der Waals surface area contributed by atoms with E-state index < -0.39 is 26.7 Å². The largest absolute Gasteiger partial charge is 0.771 e. The number of hydrogen-bond acceptors (Lipinski definition) is 4. The second-order valence-corrected chi connectivity index (χ2v) is 3.84. The molecule has 0 aliphatic carbocycles. The summed E-state index contributed by atoms with van der Waals surface area (Å²) in [4.78, 5) is 0. The van der Waals surface area contributed by atoms with Gasteiger partial charge in [-0.3, -0.25) is 8.42 Å². The lowest BCUT2D eigenvalue weighted by atomic mass is 10.6. The molecular formula is C3H6O4S2-2. The first-order chi connectivity index (χ1) is 4.09. The molecule has 0 saturated carbocycles. The smallest absolute Gasteiger partial charge is 0.0834 e. The van der Waals surface area contributed by atoms with Crippen molar-refractivity contribution in [2.24, 2.45) is 0 Å². The zero-order valence-corrected chi connectivity index (χ0v) is 6.37. The molecule has 4 nitrogen and oxygen atoms in total. The molecule has 0 saturated heterocycles. The van der Waals surface area contributed by atoms with Crippen LogP contribution < -0.4 is 0 Å². The minimum atomic E-state index is -2.50. The average molecular weight is 170 g/mol. The molecule has 0 fully saturated rings. The third-order valence-electron chi connectivity index (χ3n) is 0.763. The highest BCUT2D eigenvalue weighted by molar-refractivity contribution is 7.97. The van der Waals surface area contributed by atoms with E-state index in [1.807, 2.05) is 0 Å². The Labute approximate surface area is 58.2 Å². The van der Waals surface area contributed by atoms with Crippen LogP contribution in [0, 0.1) is 0 Å². The van der Waals surface area contributed by atoms with Crippen LogP contribution in [-0.2, 0) is 22.2 Å². The summed E-state index contributed by atoms with van der Waals surface area (Å²) >= 11 is -4.99. The molecule has 9 heavy (non-hydrogen) atoms. The first-order valence-corrected chi connectivity index (χ1v) is 4.53. The molecule has 0 aromatic rings. The van der Waals surface area contributed by atoms with Gasteiger partial charge in [0.25, 0.3) is 0 Å². The molecule has 0 N–H and O–H groups in total. The summed E-state index contributed by atoms with van der Waals surface area (Å²) in [6, 6.07) is 0. The highest BCUT2D eigenvalue weighted by Gasteiger charge is 2.04. The van der Waals surface area contributed by atoms with Gasteiger partial charge in [-0.2, -0.15) is 0 Å². The van der Waals surface area contributed by atoms with Crippen molar-refractivity contribution >= 4 is 22.2 Å². The van der Waals surface area contributed by atoms with Gasteiger partial charge in [-0.25, -0.2) is 0 Å². The van der Waals surface area contributed by atoms with Gasteiger partial charge in [0.15, 0.2) is 0 Å². The fourth-order valence-electron chi connectivity index (χ4n) is 0.336. The van der Waals surface area contributed by atoms with Crippen LogP contribution in [0.15, 0.2) is 0 Å². The minimum absolute atomic E-state index is 0.103. The van der Waals surface area contributed by atoms with E-state index in [2.05, 4.69) is 0 Å². The van der Waals surface area contributed by atoms with Crippen LogP contribution >= 0.6 is 0 Å². The van der Waals surface area contributed by atoms with Crippen molar-refractivity contribution < 1.29 is 17.5 Å². The van der Waals surface area contributed by atoms with E-state index in [1.54, 1.807) is 0 Å². The molecule has 56 valence electrons. The first kappa shape index (κ1) is 9.22. The standard InChI is InChI=1S/C3H8O4S2/c1-2-3(8(4)5)9(6)7/h3H,2H2,1H3,(H,4,5)(H,6,7)/p-2. The summed E-state index contributed by atoms with van der Waals surface area (Å²) in [6.07, 6.45) is 0.103. The maximum atomic E-state index is 9.98. The summed E-state index contributed by atoms with van der Waals surface area (Å²) in [6.45, 7) is 1.50. The Bertz CT molecular complexity index is 120. The van der Waals surface area contributed by atoms with Crippen molar-refractivity contribution in [3.05, 3.63) is 0 Å². The Kier molecular flexibility index (Phi) is 4.20. The van der Waals surface area contributed by atoms with Crippen molar-refractivity contribution in [3.8, 4) is 0 Å². The lowest BCUT2D eigenvalue weighted by molar-refractivity contribution is 0.511. The molecule has 0 spiro atoms. The zero-order valence-electron chi connectivity index (χ0n) is 4.73. The minimum Gasteiger partial charge on any atom is -0.771 e. The SMILES string of the molecule is CCC(S(=O)[O-])S(=O)[O-]. The van der Waals surface area contributed by atoms with Crippen LogP contribution in [0.3, 0.4) is 0 Å². The van der Waals surface area contributed by atoms with E-state index in [9.17, 15) is 17.5 Å². The molecule has 0 aromatic carbocycles. The topological polar surface area (TPSA) is 80.3 Å². The lowest BCUT2D eigenvalue weighted by Gasteiger charge is -2.19. The summed E-state index contributed by atoms with van der Waals surface area (Å²) in [5.41, 5.74) is 0. The van der Waals surface area contributed by atoms with E-state index in [1.165, 1.54) is 6.92 Å². The van der Waals surface area contributed by atoms with E-state index in [0.717, 1.165) is 0 Å². The van der Waals surface area contributed by atoms with Crippen molar-refractivity contribution in [3.63, 3.8) is 0 Å². The van der Waals surface area contributed by atoms with Crippen molar-refractivity contribution in [2.75, 3.05) is 0 Å². The number of hydrogen-bond donors (Lipinski definition) is 0. The normalized spacial score (nSPS) is 20.8. The van der Waals surface area contributed by atoms with Crippen LogP contribution in [0.5, 0.6) is 0 Å². The molecule has 0 radical (unpaired) electrons. The van der Waals surface area contributed by atoms with Gasteiger partial charge in [0, 0.05) is 0 Å². The summed E-state index contributed by atoms with van der Waals surface area (Å²) in [5.74, 6) is 0. The fourth-order valence-corrected chi connectivity index (χ4v) is 1.39. The summed E-state index contributed by atoms with van der Waals surface area (Å²) in [5, 5.41) is 0. The molecule has 0 rings (SSSR count). The van der Waals surface area contributed by atoms with Crippen LogP contribution in [0.2, 0.25) is 0 Å². The highest BCUT2D eigenvalue weighted by Crippen LogP contribution is 2.01. The molecule has 0 bridgehead atoms. The Morgan fingerprint density at radius 1 is 1.33 bits per heavy atom. The molecule has 2 unspecified atom stereocenters. The van der Waals surface area contributed by atoms with Crippen molar-refractivity contribution in [2.45, 2.75) is 17.9 Å². The molecule has 0 aliphatic heterocycles. The Balaban J connectivity index is 3.99. The van der Waals surface area contributed by atoms with E-state index in [4.69, 9.17) is 0 Å². The van der Waals surface area contributed by atoms with E-state index >= 15 is 0 Å². The molecular weight excluding hydrogens is 164 g/mol. The Morgan fingerprint density at radius 3 is 1.67 bits per heavy atom. The monoisotopic (exact) mass is 170 g/mol. The van der Waals surface area contributed by atoms with Gasteiger partial charge in [-0.15, -0.1) is 0 Å². The third kappa shape index (κ3) is 3.04. The molecule has 0 aromatic heterocycles. The second-order valence-electron chi connectivity index (χ2n) is 1.36. The second kappa shape index (κ2) is 4.10. The van der Waals surface area contributed by atoms with Crippen molar-refractivity contribution in [1.82, 2.24) is 0 Å². The summed E-state index contributed by atoms with van der Waals surface area (Å²) < 4.78 is 38.7. The van der Waals surface area contributed by atoms with Crippen LogP contribution in [0.1, 0.15) is 13.3 Å². The highest BCUT2D eigenvalue weighted by atomic mass is 32.3. The zero-order chi connectivity index (χ0) is 7.44. The maximum Gasteiger partial charge on any atom is 0.0834 e. The summed E-state index contributed by atoms with van der Waals surface area (Å²) in [7, 11) is 0. The lowest BCUT2D eigenvalue weighted by Crippen LogP contribution is -2.19. The van der Waals surface area contributed by atoms with E-state index in [-0.39, 0.29) is 6.42 Å². The predicted molar refractivity (Wildman–Crippen MR) is 31.9 cm³/mol. The van der Waals surface area contributed by atoms with Crippen LogP contribution in [0.4, 0.5) is 0 Å². The van der Waals surface area contributed by atoms with Gasteiger partial charge in [0.1, 0.15) is 0 Å². The molecule has 6 heteroatoms. The van der Waals surface area contributed by atoms with Gasteiger partial charge in [0.2, 0.25) is 0 Å². The van der Waals surface area contributed by atoms with Gasteiger partial charge in [-0.05, 0) is 28.6 Å².